The first-order chi connectivity index (χ1) is 14.6. The van der Waals surface area contributed by atoms with E-state index in [9.17, 15) is 0 Å². The maximum absolute atomic E-state index is 5.42. The molecule has 1 aliphatic rings. The first kappa shape index (κ1) is 21.6. The van der Waals surface area contributed by atoms with E-state index >= 15 is 0 Å². The van der Waals surface area contributed by atoms with Crippen LogP contribution < -0.4 is 14.4 Å². The highest BCUT2D eigenvalue weighted by Crippen LogP contribution is 2.41. The Morgan fingerprint density at radius 2 is 1.57 bits per heavy atom. The van der Waals surface area contributed by atoms with Crippen LogP contribution in [-0.2, 0) is 0 Å². The molecule has 0 spiro atoms. The van der Waals surface area contributed by atoms with Crippen molar-refractivity contribution in [3.05, 3.63) is 45.3 Å². The van der Waals surface area contributed by atoms with Gasteiger partial charge in [0, 0.05) is 17.3 Å². The second kappa shape index (κ2) is 9.66. The van der Waals surface area contributed by atoms with Gasteiger partial charge in [-0.2, -0.15) is 0 Å². The van der Waals surface area contributed by atoms with E-state index in [1.807, 2.05) is 24.3 Å². The summed E-state index contributed by atoms with van der Waals surface area (Å²) in [4.78, 5) is 2.35. The van der Waals surface area contributed by atoms with Crippen molar-refractivity contribution >= 4 is 54.0 Å². The number of rotatable bonds is 6. The molecule has 1 heterocycles. The number of anilines is 2. The second-order valence-corrected chi connectivity index (χ2v) is 9.88. The summed E-state index contributed by atoms with van der Waals surface area (Å²) in [5, 5.41) is 10.9. The second-order valence-electron chi connectivity index (χ2n) is 7.22. The average molecular weight is 553 g/mol. The molecule has 0 aliphatic heterocycles. The minimum Gasteiger partial charge on any atom is -0.496 e. The van der Waals surface area contributed by atoms with Gasteiger partial charge in [-0.1, -0.05) is 30.6 Å². The third-order valence-corrected chi connectivity index (χ3v) is 7.58. The van der Waals surface area contributed by atoms with Gasteiger partial charge in [-0.15, -0.1) is 10.2 Å². The number of methoxy groups -OCH3 is 2. The summed E-state index contributed by atoms with van der Waals surface area (Å²) in [5.41, 5.74) is 2.12. The molecular weight excluding hydrogens is 530 g/mol. The molecule has 3 aromatic rings. The number of hydrogen-bond donors (Lipinski definition) is 0. The van der Waals surface area contributed by atoms with Crippen LogP contribution in [0.15, 0.2) is 45.3 Å². The van der Waals surface area contributed by atoms with Crippen molar-refractivity contribution in [2.45, 2.75) is 38.1 Å². The van der Waals surface area contributed by atoms with Gasteiger partial charge in [-0.25, -0.2) is 0 Å². The zero-order valence-corrected chi connectivity index (χ0v) is 20.9. The van der Waals surface area contributed by atoms with Gasteiger partial charge in [0.15, 0.2) is 0 Å². The van der Waals surface area contributed by atoms with E-state index in [-0.39, 0.29) is 0 Å². The van der Waals surface area contributed by atoms with E-state index in [0.717, 1.165) is 54.7 Å². The Hall–Kier alpha value is -1.64. The summed E-state index contributed by atoms with van der Waals surface area (Å²) in [7, 11) is 3.35. The summed E-state index contributed by atoms with van der Waals surface area (Å²) in [6.45, 7) is 0. The molecule has 5 nitrogen and oxygen atoms in total. The van der Waals surface area contributed by atoms with Crippen molar-refractivity contribution < 1.29 is 9.47 Å². The van der Waals surface area contributed by atoms with E-state index in [4.69, 9.17) is 9.47 Å². The Morgan fingerprint density at radius 1 is 0.900 bits per heavy atom. The smallest absolute Gasteiger partial charge is 0.213 e. The van der Waals surface area contributed by atoms with E-state index in [1.54, 1.807) is 25.6 Å². The highest BCUT2D eigenvalue weighted by Gasteiger charge is 2.26. The lowest BCUT2D eigenvalue weighted by Gasteiger charge is -2.34. The number of benzene rings is 2. The Kier molecular flexibility index (Phi) is 6.95. The summed E-state index contributed by atoms with van der Waals surface area (Å²) in [5.74, 6) is 1.62. The van der Waals surface area contributed by atoms with Crippen LogP contribution in [0.4, 0.5) is 10.8 Å². The molecule has 0 amide bonds. The molecule has 2 aromatic carbocycles. The maximum atomic E-state index is 5.42. The molecule has 1 aromatic heterocycles. The first-order valence-corrected chi connectivity index (χ1v) is 12.3. The van der Waals surface area contributed by atoms with Crippen LogP contribution in [0.1, 0.15) is 32.1 Å². The minimum absolute atomic E-state index is 0.419. The summed E-state index contributed by atoms with van der Waals surface area (Å²) < 4.78 is 12.6. The highest BCUT2D eigenvalue weighted by atomic mass is 79.9. The molecule has 30 heavy (non-hydrogen) atoms. The van der Waals surface area contributed by atoms with Gasteiger partial charge >= 0.3 is 0 Å². The molecule has 1 aliphatic carbocycles. The molecule has 0 N–H and O–H groups in total. The topological polar surface area (TPSA) is 47.5 Å². The minimum atomic E-state index is 0.419. The molecule has 1 saturated carbocycles. The summed E-state index contributed by atoms with van der Waals surface area (Å²) in [6, 6.07) is 12.6. The molecule has 0 radical (unpaired) electrons. The highest BCUT2D eigenvalue weighted by molar-refractivity contribution is 9.10. The van der Waals surface area contributed by atoms with Crippen molar-refractivity contribution in [2.24, 2.45) is 0 Å². The van der Waals surface area contributed by atoms with Gasteiger partial charge in [0.2, 0.25) is 5.13 Å². The largest absolute Gasteiger partial charge is 0.496 e. The van der Waals surface area contributed by atoms with Crippen molar-refractivity contribution in [1.82, 2.24) is 10.2 Å². The zero-order chi connectivity index (χ0) is 21.1. The Bertz CT molecular complexity index is 1020. The number of ether oxygens (including phenoxy) is 2. The fourth-order valence-electron chi connectivity index (χ4n) is 3.85. The summed E-state index contributed by atoms with van der Waals surface area (Å²) in [6.07, 6.45) is 6.11. The third-order valence-electron chi connectivity index (χ3n) is 5.37. The molecule has 0 unspecified atom stereocenters. The van der Waals surface area contributed by atoms with E-state index in [2.05, 4.69) is 59.1 Å². The number of nitrogens with zero attached hydrogens (tertiary/aromatic N) is 3. The van der Waals surface area contributed by atoms with Gasteiger partial charge in [0.25, 0.3) is 0 Å². The van der Waals surface area contributed by atoms with Crippen LogP contribution in [0.5, 0.6) is 11.5 Å². The molecular formula is C22H23Br2N3O2S. The van der Waals surface area contributed by atoms with E-state index in [1.165, 1.54) is 19.3 Å². The quantitative estimate of drug-likeness (QED) is 0.323. The Balaban J connectivity index is 1.71. The van der Waals surface area contributed by atoms with Crippen molar-refractivity contribution in [1.29, 1.82) is 0 Å². The van der Waals surface area contributed by atoms with Crippen LogP contribution in [0.3, 0.4) is 0 Å². The molecule has 0 bridgehead atoms. The predicted octanol–water partition coefficient (Wildman–Crippen LogP) is 7.22. The number of aromatic nitrogens is 2. The lowest BCUT2D eigenvalue weighted by atomic mass is 9.94. The lowest BCUT2D eigenvalue weighted by molar-refractivity contribution is 0.411. The first-order valence-electron chi connectivity index (χ1n) is 9.91. The fourth-order valence-corrected chi connectivity index (χ4v) is 5.85. The normalized spacial score (nSPS) is 14.5. The van der Waals surface area contributed by atoms with Crippen LogP contribution >= 0.6 is 43.2 Å². The lowest BCUT2D eigenvalue weighted by Crippen LogP contribution is -2.32. The zero-order valence-electron chi connectivity index (χ0n) is 16.9. The Morgan fingerprint density at radius 3 is 2.20 bits per heavy atom. The van der Waals surface area contributed by atoms with Crippen LogP contribution in [0.2, 0.25) is 0 Å². The average Bonchev–Trinajstić information content (AvgIpc) is 3.24. The maximum Gasteiger partial charge on any atom is 0.213 e. The van der Waals surface area contributed by atoms with E-state index < -0.39 is 0 Å². The van der Waals surface area contributed by atoms with Gasteiger partial charge in [-0.05, 0) is 81.1 Å². The predicted molar refractivity (Wildman–Crippen MR) is 129 cm³/mol. The van der Waals surface area contributed by atoms with Crippen molar-refractivity contribution in [3.63, 3.8) is 0 Å². The van der Waals surface area contributed by atoms with Crippen LogP contribution in [0.25, 0.3) is 10.6 Å². The molecule has 4 rings (SSSR count). The third kappa shape index (κ3) is 4.50. The standard InChI is InChI=1S/C22H23Br2N3O2S/c1-28-19-10-8-14(12-17(19)23)21-25-26-22(30-21)27(15-6-4-3-5-7-15)16-9-11-20(29-2)18(24)13-16/h8-13,15H,3-7H2,1-2H3. The number of hydrogen-bond acceptors (Lipinski definition) is 6. The Labute approximate surface area is 197 Å². The van der Waals surface area contributed by atoms with Crippen LogP contribution in [0, 0.1) is 0 Å². The van der Waals surface area contributed by atoms with Crippen molar-refractivity contribution in [2.75, 3.05) is 19.1 Å². The summed E-state index contributed by atoms with van der Waals surface area (Å²) >= 11 is 8.82. The SMILES string of the molecule is COc1ccc(-c2nnc(N(c3ccc(OC)c(Br)c3)C3CCCCC3)s2)cc1Br. The number of halogens is 2. The molecule has 8 heteroatoms. The molecule has 1 fully saturated rings. The van der Waals surface area contributed by atoms with Gasteiger partial charge in [0.05, 0.1) is 23.2 Å². The van der Waals surface area contributed by atoms with Gasteiger partial charge < -0.3 is 14.4 Å². The van der Waals surface area contributed by atoms with Gasteiger partial charge in [-0.3, -0.25) is 0 Å². The monoisotopic (exact) mass is 551 g/mol. The van der Waals surface area contributed by atoms with E-state index in [0.29, 0.717) is 6.04 Å². The molecule has 0 atom stereocenters. The fraction of sp³-hybridized carbons (Fsp3) is 0.364. The van der Waals surface area contributed by atoms with Crippen LogP contribution in [-0.4, -0.2) is 30.5 Å². The van der Waals surface area contributed by atoms with Crippen molar-refractivity contribution in [3.8, 4) is 22.1 Å². The van der Waals surface area contributed by atoms with Gasteiger partial charge in [0.1, 0.15) is 16.5 Å². The molecule has 158 valence electrons. The molecule has 0 saturated heterocycles.